The average Bonchev–Trinajstić information content (AvgIpc) is 2.28. The zero-order valence-electron chi connectivity index (χ0n) is 11.1. The van der Waals surface area contributed by atoms with E-state index in [-0.39, 0.29) is 6.10 Å². The van der Waals surface area contributed by atoms with Crippen molar-refractivity contribution in [3.63, 3.8) is 0 Å². The molecule has 0 saturated heterocycles. The van der Waals surface area contributed by atoms with Gasteiger partial charge in [-0.05, 0) is 43.7 Å². The molecule has 1 aromatic rings. The molecule has 0 radical (unpaired) electrons. The van der Waals surface area contributed by atoms with Crippen LogP contribution < -0.4 is 4.74 Å². The predicted octanol–water partition coefficient (Wildman–Crippen LogP) is 4.13. The van der Waals surface area contributed by atoms with Crippen molar-refractivity contribution in [2.75, 3.05) is 6.26 Å². The fourth-order valence-corrected chi connectivity index (χ4v) is 2.19. The third kappa shape index (κ3) is 3.50. The first-order chi connectivity index (χ1) is 7.99. The van der Waals surface area contributed by atoms with E-state index in [0.29, 0.717) is 17.2 Å². The number of ether oxygens (including phenoxy) is 1. The third-order valence-electron chi connectivity index (χ3n) is 2.47. The standard InChI is InChI=1S/C14H20O2S/c1-9(2)11-6-12(8-15)14(16-10(3)4)13(7-11)17-5/h6-10H,1-5H3. The summed E-state index contributed by atoms with van der Waals surface area (Å²) < 4.78 is 5.74. The van der Waals surface area contributed by atoms with Crippen LogP contribution in [-0.2, 0) is 0 Å². The van der Waals surface area contributed by atoms with Gasteiger partial charge in [0.1, 0.15) is 5.75 Å². The van der Waals surface area contributed by atoms with Crippen LogP contribution in [0.1, 0.15) is 49.5 Å². The SMILES string of the molecule is CSc1cc(C(C)C)cc(C=O)c1OC(C)C. The molecule has 0 atom stereocenters. The Balaban J connectivity index is 3.30. The first-order valence-electron chi connectivity index (χ1n) is 5.83. The number of thioether (sulfide) groups is 1. The molecular weight excluding hydrogens is 232 g/mol. The van der Waals surface area contributed by atoms with Crippen LogP contribution in [0.15, 0.2) is 17.0 Å². The fourth-order valence-electron chi connectivity index (χ4n) is 1.58. The number of carbonyl (C=O) groups excluding carboxylic acids is 1. The Bertz CT molecular complexity index is 397. The van der Waals surface area contributed by atoms with Gasteiger partial charge in [-0.1, -0.05) is 13.8 Å². The summed E-state index contributed by atoms with van der Waals surface area (Å²) in [7, 11) is 0. The molecule has 0 saturated carbocycles. The average molecular weight is 252 g/mol. The quantitative estimate of drug-likeness (QED) is 0.582. The van der Waals surface area contributed by atoms with Crippen molar-refractivity contribution in [3.8, 4) is 5.75 Å². The summed E-state index contributed by atoms with van der Waals surface area (Å²) in [5.41, 5.74) is 1.82. The molecule has 94 valence electrons. The molecular formula is C14H20O2S. The zero-order chi connectivity index (χ0) is 13.0. The molecule has 0 aromatic heterocycles. The Morgan fingerprint density at radius 2 is 1.88 bits per heavy atom. The van der Waals surface area contributed by atoms with Crippen molar-refractivity contribution < 1.29 is 9.53 Å². The van der Waals surface area contributed by atoms with Gasteiger partial charge in [0.25, 0.3) is 0 Å². The number of benzene rings is 1. The molecule has 0 amide bonds. The monoisotopic (exact) mass is 252 g/mol. The van der Waals surface area contributed by atoms with E-state index >= 15 is 0 Å². The van der Waals surface area contributed by atoms with E-state index in [1.165, 1.54) is 5.56 Å². The molecule has 0 heterocycles. The van der Waals surface area contributed by atoms with Crippen molar-refractivity contribution >= 4 is 18.0 Å². The summed E-state index contributed by atoms with van der Waals surface area (Å²) in [5, 5.41) is 0. The minimum Gasteiger partial charge on any atom is -0.489 e. The molecule has 0 aliphatic heterocycles. The highest BCUT2D eigenvalue weighted by atomic mass is 32.2. The lowest BCUT2D eigenvalue weighted by molar-refractivity contribution is 0.111. The van der Waals surface area contributed by atoms with Crippen LogP contribution in [-0.4, -0.2) is 18.6 Å². The zero-order valence-corrected chi connectivity index (χ0v) is 11.9. The minimum absolute atomic E-state index is 0.0736. The highest BCUT2D eigenvalue weighted by Crippen LogP contribution is 2.34. The molecule has 3 heteroatoms. The van der Waals surface area contributed by atoms with Gasteiger partial charge in [-0.2, -0.15) is 0 Å². The lowest BCUT2D eigenvalue weighted by atomic mass is 10.0. The molecule has 0 aliphatic rings. The molecule has 0 bridgehead atoms. The van der Waals surface area contributed by atoms with Crippen molar-refractivity contribution in [2.24, 2.45) is 0 Å². The number of rotatable bonds is 5. The summed E-state index contributed by atoms with van der Waals surface area (Å²) in [6.45, 7) is 8.18. The summed E-state index contributed by atoms with van der Waals surface area (Å²) >= 11 is 1.61. The number of hydrogen-bond donors (Lipinski definition) is 0. The lowest BCUT2D eigenvalue weighted by Crippen LogP contribution is -2.09. The van der Waals surface area contributed by atoms with E-state index in [9.17, 15) is 4.79 Å². The topological polar surface area (TPSA) is 26.3 Å². The lowest BCUT2D eigenvalue weighted by Gasteiger charge is -2.17. The van der Waals surface area contributed by atoms with Gasteiger partial charge in [0, 0.05) is 0 Å². The van der Waals surface area contributed by atoms with Crippen LogP contribution in [0.2, 0.25) is 0 Å². The van der Waals surface area contributed by atoms with Crippen LogP contribution in [0.5, 0.6) is 5.75 Å². The molecule has 17 heavy (non-hydrogen) atoms. The molecule has 0 spiro atoms. The van der Waals surface area contributed by atoms with Gasteiger partial charge >= 0.3 is 0 Å². The minimum atomic E-state index is 0.0736. The van der Waals surface area contributed by atoms with E-state index < -0.39 is 0 Å². The highest BCUT2D eigenvalue weighted by molar-refractivity contribution is 7.98. The van der Waals surface area contributed by atoms with Crippen LogP contribution in [0.3, 0.4) is 0 Å². The second-order valence-electron chi connectivity index (χ2n) is 4.58. The number of hydrogen-bond acceptors (Lipinski definition) is 3. The molecule has 1 aromatic carbocycles. The molecule has 1 rings (SSSR count). The van der Waals surface area contributed by atoms with E-state index in [2.05, 4.69) is 19.9 Å². The summed E-state index contributed by atoms with van der Waals surface area (Å²) in [5.74, 6) is 1.12. The Labute approximate surface area is 108 Å². The van der Waals surface area contributed by atoms with E-state index in [4.69, 9.17) is 4.74 Å². The van der Waals surface area contributed by atoms with Crippen LogP contribution >= 0.6 is 11.8 Å². The van der Waals surface area contributed by atoms with Gasteiger partial charge in [-0.15, -0.1) is 11.8 Å². The first-order valence-corrected chi connectivity index (χ1v) is 7.05. The largest absolute Gasteiger partial charge is 0.489 e. The molecule has 0 fully saturated rings. The summed E-state index contributed by atoms with van der Waals surface area (Å²) in [6.07, 6.45) is 2.95. The normalized spacial score (nSPS) is 11.0. The summed E-state index contributed by atoms with van der Waals surface area (Å²) in [4.78, 5) is 12.2. The molecule has 0 N–H and O–H groups in total. The fraction of sp³-hybridized carbons (Fsp3) is 0.500. The maximum Gasteiger partial charge on any atom is 0.153 e. The third-order valence-corrected chi connectivity index (χ3v) is 3.22. The molecule has 0 aliphatic carbocycles. The van der Waals surface area contributed by atoms with Crippen molar-refractivity contribution in [3.05, 3.63) is 23.3 Å². The first kappa shape index (κ1) is 14.1. The van der Waals surface area contributed by atoms with Crippen molar-refractivity contribution in [2.45, 2.75) is 44.6 Å². The van der Waals surface area contributed by atoms with Crippen molar-refractivity contribution in [1.82, 2.24) is 0 Å². The Morgan fingerprint density at radius 1 is 1.24 bits per heavy atom. The Morgan fingerprint density at radius 3 is 2.29 bits per heavy atom. The van der Waals surface area contributed by atoms with E-state index in [1.807, 2.05) is 26.2 Å². The van der Waals surface area contributed by atoms with Gasteiger partial charge in [-0.25, -0.2) is 0 Å². The maximum absolute atomic E-state index is 11.2. The Kier molecular flexibility index (Phi) is 5.06. The second-order valence-corrected chi connectivity index (χ2v) is 5.43. The number of carbonyl (C=O) groups is 1. The van der Waals surface area contributed by atoms with Gasteiger partial charge in [-0.3, -0.25) is 4.79 Å². The molecule has 2 nitrogen and oxygen atoms in total. The van der Waals surface area contributed by atoms with Crippen LogP contribution in [0.25, 0.3) is 0 Å². The number of aldehydes is 1. The van der Waals surface area contributed by atoms with Crippen LogP contribution in [0.4, 0.5) is 0 Å². The van der Waals surface area contributed by atoms with Crippen molar-refractivity contribution in [1.29, 1.82) is 0 Å². The van der Waals surface area contributed by atoms with E-state index in [0.717, 1.165) is 11.2 Å². The van der Waals surface area contributed by atoms with Gasteiger partial charge in [0.2, 0.25) is 0 Å². The maximum atomic E-state index is 11.2. The molecule has 0 unspecified atom stereocenters. The highest BCUT2D eigenvalue weighted by Gasteiger charge is 2.14. The second kappa shape index (κ2) is 6.10. The van der Waals surface area contributed by atoms with Crippen LogP contribution in [0, 0.1) is 0 Å². The predicted molar refractivity (Wildman–Crippen MR) is 73.5 cm³/mol. The van der Waals surface area contributed by atoms with E-state index in [1.54, 1.807) is 11.8 Å². The smallest absolute Gasteiger partial charge is 0.153 e. The van der Waals surface area contributed by atoms with Gasteiger partial charge in [0.15, 0.2) is 6.29 Å². The Hall–Kier alpha value is -0.960. The van der Waals surface area contributed by atoms with Gasteiger partial charge < -0.3 is 4.74 Å². The summed E-state index contributed by atoms with van der Waals surface area (Å²) in [6, 6.07) is 4.04. The van der Waals surface area contributed by atoms with Gasteiger partial charge in [0.05, 0.1) is 16.6 Å².